The highest BCUT2D eigenvalue weighted by atomic mass is 32.1. The fourth-order valence-corrected chi connectivity index (χ4v) is 4.56. The summed E-state index contributed by atoms with van der Waals surface area (Å²) in [6.07, 6.45) is 0. The maximum Gasteiger partial charge on any atom is 0.240 e. The van der Waals surface area contributed by atoms with Crippen molar-refractivity contribution in [3.8, 4) is 16.5 Å². The second-order valence-electron chi connectivity index (χ2n) is 7.16. The van der Waals surface area contributed by atoms with Gasteiger partial charge in [-0.2, -0.15) is 5.10 Å². The maximum atomic E-state index is 12.8. The molecular formula is C21H25N5O3S2. The van der Waals surface area contributed by atoms with E-state index in [0.29, 0.717) is 30.4 Å². The average Bonchev–Trinajstić information content (AvgIpc) is 3.45. The molecule has 164 valence electrons. The number of amides is 1. The third-order valence-electron chi connectivity index (χ3n) is 5.28. The summed E-state index contributed by atoms with van der Waals surface area (Å²) in [7, 11) is 1.65. The highest BCUT2D eigenvalue weighted by Crippen LogP contribution is 2.24. The molecule has 1 unspecified atom stereocenters. The summed E-state index contributed by atoms with van der Waals surface area (Å²) in [6, 6.07) is 11.9. The summed E-state index contributed by atoms with van der Waals surface area (Å²) in [5.74, 6) is 1.38. The molecule has 1 fully saturated rings. The molecular weight excluding hydrogens is 434 g/mol. The number of aromatic amines is 1. The summed E-state index contributed by atoms with van der Waals surface area (Å²) in [5, 5.41) is 12.1. The Morgan fingerprint density at radius 3 is 2.77 bits per heavy atom. The predicted molar refractivity (Wildman–Crippen MR) is 122 cm³/mol. The van der Waals surface area contributed by atoms with Crippen molar-refractivity contribution < 1.29 is 14.3 Å². The third kappa shape index (κ3) is 5.21. The minimum atomic E-state index is -0.109. The first kappa shape index (κ1) is 21.7. The summed E-state index contributed by atoms with van der Waals surface area (Å²) < 4.78 is 12.9. The summed E-state index contributed by atoms with van der Waals surface area (Å²) in [6.45, 7) is 3.62. The molecule has 1 saturated heterocycles. The van der Waals surface area contributed by atoms with Crippen LogP contribution in [0.1, 0.15) is 11.6 Å². The average molecular weight is 460 g/mol. The van der Waals surface area contributed by atoms with Gasteiger partial charge in [0.25, 0.3) is 0 Å². The Hall–Kier alpha value is -2.53. The van der Waals surface area contributed by atoms with Crippen LogP contribution in [-0.4, -0.2) is 65.5 Å². The normalized spacial score (nSPS) is 15.5. The molecule has 2 N–H and O–H groups in total. The first-order chi connectivity index (χ1) is 15.2. The molecule has 2 aromatic heterocycles. The molecule has 0 saturated carbocycles. The van der Waals surface area contributed by atoms with Crippen molar-refractivity contribution in [2.75, 3.05) is 40.0 Å². The van der Waals surface area contributed by atoms with E-state index in [1.165, 1.54) is 0 Å². The number of ether oxygens (including phenoxy) is 2. The lowest BCUT2D eigenvalue weighted by Gasteiger charge is -2.35. The Labute approximate surface area is 189 Å². The lowest BCUT2D eigenvalue weighted by molar-refractivity contribution is -0.122. The number of hydrogen-bond acceptors (Lipinski definition) is 7. The van der Waals surface area contributed by atoms with Gasteiger partial charge in [0.15, 0.2) is 10.6 Å². The highest BCUT2D eigenvalue weighted by molar-refractivity contribution is 7.71. The summed E-state index contributed by atoms with van der Waals surface area (Å²) in [4.78, 5) is 16.1. The molecule has 0 radical (unpaired) electrons. The van der Waals surface area contributed by atoms with Gasteiger partial charge in [0, 0.05) is 19.6 Å². The Kier molecular flexibility index (Phi) is 7.13. The Morgan fingerprint density at radius 1 is 1.32 bits per heavy atom. The first-order valence-corrected chi connectivity index (χ1v) is 11.4. The SMILES string of the molecule is COc1ccc(C(CNC(=O)Cn2c(-c3cccs3)n[nH]c2=S)N2CCOCC2)cc1. The molecule has 3 heterocycles. The van der Waals surface area contributed by atoms with Gasteiger partial charge in [0.2, 0.25) is 5.91 Å². The van der Waals surface area contributed by atoms with Gasteiger partial charge in [-0.25, -0.2) is 0 Å². The molecule has 0 aliphatic carbocycles. The van der Waals surface area contributed by atoms with Crippen LogP contribution in [0.15, 0.2) is 41.8 Å². The van der Waals surface area contributed by atoms with E-state index in [0.717, 1.165) is 29.3 Å². The zero-order valence-electron chi connectivity index (χ0n) is 17.2. The fraction of sp³-hybridized carbons (Fsp3) is 0.381. The van der Waals surface area contributed by atoms with E-state index in [9.17, 15) is 4.79 Å². The van der Waals surface area contributed by atoms with Gasteiger partial charge in [0.1, 0.15) is 12.3 Å². The van der Waals surface area contributed by atoms with E-state index in [1.54, 1.807) is 23.0 Å². The molecule has 1 aromatic carbocycles. The van der Waals surface area contributed by atoms with Crippen LogP contribution in [0.4, 0.5) is 0 Å². The van der Waals surface area contributed by atoms with Crippen LogP contribution >= 0.6 is 23.6 Å². The zero-order valence-corrected chi connectivity index (χ0v) is 18.9. The Balaban J connectivity index is 1.46. The minimum absolute atomic E-state index is 0.0489. The number of benzene rings is 1. The van der Waals surface area contributed by atoms with Crippen molar-refractivity contribution in [1.29, 1.82) is 0 Å². The Bertz CT molecular complexity index is 1040. The quantitative estimate of drug-likeness (QED) is 0.504. The number of aromatic nitrogens is 3. The predicted octanol–water partition coefficient (Wildman–Crippen LogP) is 2.87. The van der Waals surface area contributed by atoms with E-state index in [4.69, 9.17) is 21.7 Å². The number of morpholine rings is 1. The molecule has 0 spiro atoms. The molecule has 1 amide bonds. The highest BCUT2D eigenvalue weighted by Gasteiger charge is 2.23. The molecule has 31 heavy (non-hydrogen) atoms. The van der Waals surface area contributed by atoms with Crippen LogP contribution in [0.2, 0.25) is 0 Å². The van der Waals surface area contributed by atoms with Crippen LogP contribution in [-0.2, 0) is 16.1 Å². The van der Waals surface area contributed by atoms with Crippen molar-refractivity contribution in [3.05, 3.63) is 52.1 Å². The van der Waals surface area contributed by atoms with Crippen molar-refractivity contribution in [1.82, 2.24) is 25.0 Å². The molecule has 1 aliphatic rings. The van der Waals surface area contributed by atoms with E-state index in [-0.39, 0.29) is 18.5 Å². The van der Waals surface area contributed by atoms with Gasteiger partial charge in [-0.1, -0.05) is 18.2 Å². The van der Waals surface area contributed by atoms with Crippen LogP contribution < -0.4 is 10.1 Å². The number of rotatable bonds is 8. The maximum absolute atomic E-state index is 12.8. The van der Waals surface area contributed by atoms with Gasteiger partial charge >= 0.3 is 0 Å². The van der Waals surface area contributed by atoms with Gasteiger partial charge in [0.05, 0.1) is 31.2 Å². The van der Waals surface area contributed by atoms with Crippen molar-refractivity contribution >= 4 is 29.5 Å². The molecule has 1 atom stereocenters. The summed E-state index contributed by atoms with van der Waals surface area (Å²) >= 11 is 6.90. The second-order valence-corrected chi connectivity index (χ2v) is 8.49. The first-order valence-electron chi connectivity index (χ1n) is 10.1. The molecule has 3 aromatic rings. The molecule has 8 nitrogen and oxygen atoms in total. The number of nitrogens with one attached hydrogen (secondary N) is 2. The monoisotopic (exact) mass is 459 g/mol. The number of carbonyl (C=O) groups excluding carboxylic acids is 1. The van der Waals surface area contributed by atoms with Crippen molar-refractivity contribution in [2.45, 2.75) is 12.6 Å². The zero-order chi connectivity index (χ0) is 21.6. The van der Waals surface area contributed by atoms with E-state index in [2.05, 4.69) is 20.4 Å². The van der Waals surface area contributed by atoms with Crippen molar-refractivity contribution in [2.24, 2.45) is 0 Å². The third-order valence-corrected chi connectivity index (χ3v) is 6.46. The molecule has 1 aliphatic heterocycles. The lowest BCUT2D eigenvalue weighted by Crippen LogP contribution is -2.44. The van der Waals surface area contributed by atoms with E-state index in [1.807, 2.05) is 41.8 Å². The molecule has 0 bridgehead atoms. The number of methoxy groups -OCH3 is 1. The minimum Gasteiger partial charge on any atom is -0.497 e. The van der Waals surface area contributed by atoms with E-state index < -0.39 is 0 Å². The number of carbonyl (C=O) groups is 1. The van der Waals surface area contributed by atoms with Gasteiger partial charge in [-0.3, -0.25) is 19.4 Å². The van der Waals surface area contributed by atoms with Crippen LogP contribution in [0.5, 0.6) is 5.75 Å². The van der Waals surface area contributed by atoms with Crippen LogP contribution in [0.25, 0.3) is 10.7 Å². The summed E-state index contributed by atoms with van der Waals surface area (Å²) in [5.41, 5.74) is 1.13. The molecule has 4 rings (SSSR count). The molecule has 10 heteroatoms. The fourth-order valence-electron chi connectivity index (χ4n) is 3.64. The van der Waals surface area contributed by atoms with Crippen molar-refractivity contribution in [3.63, 3.8) is 0 Å². The second kappa shape index (κ2) is 10.2. The van der Waals surface area contributed by atoms with Gasteiger partial charge in [-0.05, 0) is 41.4 Å². The largest absolute Gasteiger partial charge is 0.497 e. The topological polar surface area (TPSA) is 84.4 Å². The van der Waals surface area contributed by atoms with Crippen LogP contribution in [0, 0.1) is 4.77 Å². The van der Waals surface area contributed by atoms with E-state index >= 15 is 0 Å². The van der Waals surface area contributed by atoms with Gasteiger partial charge in [-0.15, -0.1) is 11.3 Å². The smallest absolute Gasteiger partial charge is 0.240 e. The lowest BCUT2D eigenvalue weighted by atomic mass is 10.0. The van der Waals surface area contributed by atoms with Crippen LogP contribution in [0.3, 0.4) is 0 Å². The number of hydrogen-bond donors (Lipinski definition) is 2. The number of thiophene rings is 1. The number of H-pyrrole nitrogens is 1. The van der Waals surface area contributed by atoms with Gasteiger partial charge < -0.3 is 14.8 Å². The standard InChI is InChI=1S/C21H25N5O3S2/c1-28-16-6-4-15(5-7-16)17(25-8-10-29-11-9-25)13-22-19(27)14-26-20(23-24-21(26)30)18-3-2-12-31-18/h2-7,12,17H,8-11,13-14H2,1H3,(H,22,27)(H,24,30). The number of nitrogens with zero attached hydrogens (tertiary/aromatic N) is 3. The Morgan fingerprint density at radius 2 is 2.10 bits per heavy atom.